The molecule has 0 unspecified atom stereocenters. The van der Waals surface area contributed by atoms with Crippen molar-refractivity contribution in [1.29, 1.82) is 0 Å². The van der Waals surface area contributed by atoms with Crippen molar-refractivity contribution < 1.29 is 14.5 Å². The molecule has 1 heterocycles. The average molecular weight is 264 g/mol. The summed E-state index contributed by atoms with van der Waals surface area (Å²) in [5, 5.41) is 10.9. The van der Waals surface area contributed by atoms with Crippen LogP contribution in [-0.2, 0) is 4.79 Å². The van der Waals surface area contributed by atoms with Gasteiger partial charge in [-0.1, -0.05) is 6.07 Å². The lowest BCUT2D eigenvalue weighted by molar-refractivity contribution is -0.385. The van der Waals surface area contributed by atoms with E-state index in [4.69, 9.17) is 4.74 Å². The second kappa shape index (κ2) is 5.69. The SMILES string of the molecule is Cc1ccc([N+](=O)[O-])c(OCC(=O)N2CCCC2)c1. The van der Waals surface area contributed by atoms with Gasteiger partial charge in [-0.05, 0) is 31.4 Å². The Bertz CT molecular complexity index is 495. The number of rotatable bonds is 4. The molecule has 1 fully saturated rings. The zero-order chi connectivity index (χ0) is 13.8. The van der Waals surface area contributed by atoms with E-state index in [0.717, 1.165) is 31.5 Å². The minimum absolute atomic E-state index is 0.111. The van der Waals surface area contributed by atoms with Gasteiger partial charge in [-0.3, -0.25) is 14.9 Å². The summed E-state index contributed by atoms with van der Waals surface area (Å²) in [6.45, 7) is 3.17. The fourth-order valence-electron chi connectivity index (χ4n) is 2.09. The lowest BCUT2D eigenvalue weighted by Crippen LogP contribution is -2.32. The summed E-state index contributed by atoms with van der Waals surface area (Å²) in [7, 11) is 0. The van der Waals surface area contributed by atoms with Crippen LogP contribution in [0, 0.1) is 17.0 Å². The van der Waals surface area contributed by atoms with Crippen LogP contribution in [0.3, 0.4) is 0 Å². The molecule has 0 aromatic heterocycles. The molecule has 1 aliphatic rings. The number of nitrogens with zero attached hydrogens (tertiary/aromatic N) is 2. The lowest BCUT2D eigenvalue weighted by atomic mass is 10.2. The van der Waals surface area contributed by atoms with Gasteiger partial charge in [0.1, 0.15) is 0 Å². The molecule has 0 spiro atoms. The zero-order valence-electron chi connectivity index (χ0n) is 10.8. The maximum absolute atomic E-state index is 11.8. The van der Waals surface area contributed by atoms with Crippen LogP contribution in [0.4, 0.5) is 5.69 Å². The average Bonchev–Trinajstić information content (AvgIpc) is 2.89. The van der Waals surface area contributed by atoms with Gasteiger partial charge in [0.25, 0.3) is 5.91 Å². The van der Waals surface area contributed by atoms with Crippen molar-refractivity contribution in [1.82, 2.24) is 4.90 Å². The van der Waals surface area contributed by atoms with E-state index in [1.807, 2.05) is 6.92 Å². The number of carbonyl (C=O) groups is 1. The van der Waals surface area contributed by atoms with E-state index >= 15 is 0 Å². The highest BCUT2D eigenvalue weighted by Crippen LogP contribution is 2.27. The number of carbonyl (C=O) groups excluding carboxylic acids is 1. The maximum atomic E-state index is 11.8. The highest BCUT2D eigenvalue weighted by Gasteiger charge is 2.20. The monoisotopic (exact) mass is 264 g/mol. The van der Waals surface area contributed by atoms with Gasteiger partial charge in [0.2, 0.25) is 0 Å². The molecule has 1 aromatic carbocycles. The second-order valence-corrected chi connectivity index (χ2v) is 4.60. The van der Waals surface area contributed by atoms with Crippen LogP contribution in [0.15, 0.2) is 18.2 Å². The zero-order valence-corrected chi connectivity index (χ0v) is 10.8. The first kappa shape index (κ1) is 13.3. The number of hydrogen-bond acceptors (Lipinski definition) is 4. The summed E-state index contributed by atoms with van der Waals surface area (Å²) in [6, 6.07) is 4.62. The normalized spacial score (nSPS) is 14.5. The standard InChI is InChI=1S/C13H16N2O4/c1-10-4-5-11(15(17)18)12(8-10)19-9-13(16)14-6-2-3-7-14/h4-5,8H,2-3,6-7,9H2,1H3. The van der Waals surface area contributed by atoms with Crippen LogP contribution in [0.5, 0.6) is 5.75 Å². The van der Waals surface area contributed by atoms with Crippen molar-refractivity contribution in [3.8, 4) is 5.75 Å². The number of aryl methyl sites for hydroxylation is 1. The molecule has 0 N–H and O–H groups in total. The third kappa shape index (κ3) is 3.21. The molecule has 2 rings (SSSR count). The van der Waals surface area contributed by atoms with Gasteiger partial charge in [-0.2, -0.15) is 0 Å². The second-order valence-electron chi connectivity index (χ2n) is 4.60. The van der Waals surface area contributed by atoms with E-state index in [1.54, 1.807) is 17.0 Å². The Morgan fingerprint density at radius 3 is 2.74 bits per heavy atom. The summed E-state index contributed by atoms with van der Waals surface area (Å²) >= 11 is 0. The Labute approximate surface area is 111 Å². The Kier molecular flexibility index (Phi) is 3.99. The minimum Gasteiger partial charge on any atom is -0.477 e. The number of ether oxygens (including phenoxy) is 1. The molecule has 0 aliphatic carbocycles. The Hall–Kier alpha value is -2.11. The van der Waals surface area contributed by atoms with Gasteiger partial charge >= 0.3 is 5.69 Å². The van der Waals surface area contributed by atoms with Crippen LogP contribution < -0.4 is 4.74 Å². The fourth-order valence-corrected chi connectivity index (χ4v) is 2.09. The van der Waals surface area contributed by atoms with Gasteiger partial charge in [0.15, 0.2) is 12.4 Å². The van der Waals surface area contributed by atoms with Crippen LogP contribution in [0.1, 0.15) is 18.4 Å². The van der Waals surface area contributed by atoms with E-state index in [-0.39, 0.29) is 24.0 Å². The van der Waals surface area contributed by atoms with E-state index in [1.165, 1.54) is 6.07 Å². The van der Waals surface area contributed by atoms with Crippen LogP contribution in [0.2, 0.25) is 0 Å². The maximum Gasteiger partial charge on any atom is 0.310 e. The number of hydrogen-bond donors (Lipinski definition) is 0. The van der Waals surface area contributed by atoms with Crippen molar-refractivity contribution in [3.63, 3.8) is 0 Å². The Morgan fingerprint density at radius 1 is 1.42 bits per heavy atom. The molecule has 102 valence electrons. The van der Waals surface area contributed by atoms with E-state index in [0.29, 0.717) is 0 Å². The first-order valence-corrected chi connectivity index (χ1v) is 6.23. The molecular formula is C13H16N2O4. The summed E-state index contributed by atoms with van der Waals surface area (Å²) in [6.07, 6.45) is 2.02. The predicted octanol–water partition coefficient (Wildman–Crippen LogP) is 1.90. The van der Waals surface area contributed by atoms with Gasteiger partial charge in [-0.15, -0.1) is 0 Å². The predicted molar refractivity (Wildman–Crippen MR) is 69.1 cm³/mol. The van der Waals surface area contributed by atoms with Crippen molar-refractivity contribution in [2.45, 2.75) is 19.8 Å². The van der Waals surface area contributed by atoms with Crippen LogP contribution in [-0.4, -0.2) is 35.4 Å². The van der Waals surface area contributed by atoms with Gasteiger partial charge in [-0.25, -0.2) is 0 Å². The molecule has 6 nitrogen and oxygen atoms in total. The topological polar surface area (TPSA) is 72.7 Å². The summed E-state index contributed by atoms with van der Waals surface area (Å²) in [4.78, 5) is 23.9. The molecule has 1 amide bonds. The molecular weight excluding hydrogens is 248 g/mol. The quantitative estimate of drug-likeness (QED) is 0.615. The van der Waals surface area contributed by atoms with Gasteiger partial charge in [0, 0.05) is 19.2 Å². The van der Waals surface area contributed by atoms with E-state index in [9.17, 15) is 14.9 Å². The minimum atomic E-state index is -0.505. The fraction of sp³-hybridized carbons (Fsp3) is 0.462. The summed E-state index contributed by atoms with van der Waals surface area (Å²) in [5.74, 6) is 0.0332. The lowest BCUT2D eigenvalue weighted by Gasteiger charge is -2.15. The molecule has 0 atom stereocenters. The third-order valence-electron chi connectivity index (χ3n) is 3.12. The van der Waals surface area contributed by atoms with Crippen LogP contribution in [0.25, 0.3) is 0 Å². The molecule has 19 heavy (non-hydrogen) atoms. The van der Waals surface area contributed by atoms with Gasteiger partial charge < -0.3 is 9.64 Å². The molecule has 0 radical (unpaired) electrons. The number of amides is 1. The highest BCUT2D eigenvalue weighted by atomic mass is 16.6. The van der Waals surface area contributed by atoms with E-state index in [2.05, 4.69) is 0 Å². The van der Waals surface area contributed by atoms with Crippen molar-refractivity contribution in [2.75, 3.05) is 19.7 Å². The third-order valence-corrected chi connectivity index (χ3v) is 3.12. The highest BCUT2D eigenvalue weighted by molar-refractivity contribution is 5.78. The van der Waals surface area contributed by atoms with Crippen molar-refractivity contribution >= 4 is 11.6 Å². The largest absolute Gasteiger partial charge is 0.477 e. The van der Waals surface area contributed by atoms with Crippen LogP contribution >= 0.6 is 0 Å². The van der Waals surface area contributed by atoms with E-state index < -0.39 is 4.92 Å². The molecule has 1 aliphatic heterocycles. The molecule has 1 saturated heterocycles. The first-order valence-electron chi connectivity index (χ1n) is 6.23. The molecule has 0 bridgehead atoms. The van der Waals surface area contributed by atoms with Crippen molar-refractivity contribution in [3.05, 3.63) is 33.9 Å². The summed E-state index contributed by atoms with van der Waals surface area (Å²) in [5.41, 5.74) is 0.744. The number of nitro groups is 1. The smallest absolute Gasteiger partial charge is 0.310 e. The Morgan fingerprint density at radius 2 is 2.11 bits per heavy atom. The van der Waals surface area contributed by atoms with Gasteiger partial charge in [0.05, 0.1) is 4.92 Å². The molecule has 6 heteroatoms. The number of benzene rings is 1. The molecule has 0 saturated carbocycles. The Balaban J connectivity index is 2.04. The summed E-state index contributed by atoms with van der Waals surface area (Å²) < 4.78 is 5.32. The number of likely N-dealkylation sites (tertiary alicyclic amines) is 1. The van der Waals surface area contributed by atoms with Crippen molar-refractivity contribution in [2.24, 2.45) is 0 Å². The molecule has 1 aromatic rings. The first-order chi connectivity index (χ1) is 9.08. The number of nitro benzene ring substituents is 1.